The fraction of sp³-hybridized carbons (Fsp3) is 0.267. The molecule has 0 radical (unpaired) electrons. The quantitative estimate of drug-likeness (QED) is 0.670. The van der Waals surface area contributed by atoms with Gasteiger partial charge in [0.05, 0.1) is 6.21 Å². The van der Waals surface area contributed by atoms with E-state index in [1.807, 2.05) is 0 Å². The molecule has 21 heavy (non-hydrogen) atoms. The molecule has 5 nitrogen and oxygen atoms in total. The number of nitrogens with one attached hydrogen (secondary N) is 2. The van der Waals surface area contributed by atoms with Crippen molar-refractivity contribution in [1.29, 1.82) is 0 Å². The molecule has 108 valence electrons. The number of carbonyl (C=O) groups is 1. The minimum absolute atomic E-state index is 0.306. The number of carbonyl (C=O) groups excluding carboxylic acids is 1. The highest BCUT2D eigenvalue weighted by atomic mass is 19.1. The first kappa shape index (κ1) is 13.5. The van der Waals surface area contributed by atoms with Crippen molar-refractivity contribution in [1.82, 2.24) is 15.6 Å². The molecule has 2 aromatic rings. The van der Waals surface area contributed by atoms with Gasteiger partial charge in [-0.15, -0.1) is 0 Å². The Morgan fingerprint density at radius 1 is 1.29 bits per heavy atom. The van der Waals surface area contributed by atoms with Crippen molar-refractivity contribution in [3.63, 3.8) is 0 Å². The summed E-state index contributed by atoms with van der Waals surface area (Å²) in [6, 6.07) is 5.85. The zero-order valence-electron chi connectivity index (χ0n) is 11.4. The molecule has 0 fully saturated rings. The number of hydrogen-bond donors (Lipinski definition) is 2. The molecule has 1 aromatic heterocycles. The predicted octanol–water partition coefficient (Wildman–Crippen LogP) is 2.19. The Labute approximate surface area is 121 Å². The minimum atomic E-state index is -0.326. The van der Waals surface area contributed by atoms with Crippen molar-refractivity contribution in [3.8, 4) is 0 Å². The van der Waals surface area contributed by atoms with Crippen molar-refractivity contribution in [2.24, 2.45) is 5.10 Å². The van der Waals surface area contributed by atoms with Crippen LogP contribution in [-0.4, -0.2) is 22.3 Å². The van der Waals surface area contributed by atoms with Crippen molar-refractivity contribution < 1.29 is 9.18 Å². The highest BCUT2D eigenvalue weighted by Crippen LogP contribution is 2.21. The Bertz CT molecular complexity index is 675. The Kier molecular flexibility index (Phi) is 3.77. The lowest BCUT2D eigenvalue weighted by atomic mass is 9.96. The molecule has 1 aliphatic rings. The Morgan fingerprint density at radius 2 is 2.05 bits per heavy atom. The normalized spacial score (nSPS) is 14.1. The molecule has 0 aliphatic heterocycles. The number of fused-ring (bicyclic) bond motifs is 1. The van der Waals surface area contributed by atoms with E-state index in [9.17, 15) is 9.18 Å². The molecule has 3 rings (SSSR count). The van der Waals surface area contributed by atoms with Gasteiger partial charge in [0.2, 0.25) is 0 Å². The van der Waals surface area contributed by atoms with E-state index in [0.717, 1.165) is 36.9 Å². The van der Waals surface area contributed by atoms with Gasteiger partial charge in [-0.05, 0) is 43.4 Å². The fourth-order valence-corrected chi connectivity index (χ4v) is 2.44. The second-order valence-electron chi connectivity index (χ2n) is 4.99. The van der Waals surface area contributed by atoms with Gasteiger partial charge in [0.25, 0.3) is 5.91 Å². The fourth-order valence-electron chi connectivity index (χ4n) is 2.44. The SMILES string of the molecule is O=C(NN=Cc1ccc(F)cc1)c1n[nH]c2c1CCCC2. The van der Waals surface area contributed by atoms with E-state index in [1.165, 1.54) is 18.3 Å². The maximum absolute atomic E-state index is 12.8. The summed E-state index contributed by atoms with van der Waals surface area (Å²) in [6.45, 7) is 0. The zero-order valence-corrected chi connectivity index (χ0v) is 11.4. The standard InChI is InChI=1S/C15H15FN4O/c16-11-7-5-10(6-8-11)9-17-20-15(21)14-12-3-1-2-4-13(12)18-19-14/h5-9H,1-4H2,(H,18,19)(H,20,21). The molecule has 1 aromatic carbocycles. The molecule has 1 aliphatic carbocycles. The van der Waals surface area contributed by atoms with Gasteiger partial charge in [0, 0.05) is 11.3 Å². The van der Waals surface area contributed by atoms with Crippen LogP contribution >= 0.6 is 0 Å². The largest absolute Gasteiger partial charge is 0.292 e. The van der Waals surface area contributed by atoms with Crippen LogP contribution in [-0.2, 0) is 12.8 Å². The summed E-state index contributed by atoms with van der Waals surface area (Å²) in [5.41, 5.74) is 5.63. The lowest BCUT2D eigenvalue weighted by Crippen LogP contribution is -2.20. The number of aromatic nitrogens is 2. The number of nitrogens with zero attached hydrogens (tertiary/aromatic N) is 2. The van der Waals surface area contributed by atoms with E-state index < -0.39 is 0 Å². The third-order valence-corrected chi connectivity index (χ3v) is 3.52. The molecule has 0 saturated heterocycles. The van der Waals surface area contributed by atoms with E-state index >= 15 is 0 Å². The number of rotatable bonds is 3. The van der Waals surface area contributed by atoms with Crippen molar-refractivity contribution in [2.75, 3.05) is 0 Å². The first-order chi connectivity index (χ1) is 10.2. The number of benzene rings is 1. The lowest BCUT2D eigenvalue weighted by molar-refractivity contribution is 0.0949. The van der Waals surface area contributed by atoms with Gasteiger partial charge < -0.3 is 0 Å². The van der Waals surface area contributed by atoms with E-state index in [0.29, 0.717) is 11.3 Å². The molecule has 1 heterocycles. The number of H-pyrrole nitrogens is 1. The van der Waals surface area contributed by atoms with Gasteiger partial charge in [0.1, 0.15) is 5.82 Å². The van der Waals surface area contributed by atoms with Gasteiger partial charge in [-0.3, -0.25) is 9.89 Å². The summed E-state index contributed by atoms with van der Waals surface area (Å²) in [6.07, 6.45) is 5.48. The Balaban J connectivity index is 1.66. The van der Waals surface area contributed by atoms with E-state index in [4.69, 9.17) is 0 Å². The maximum Gasteiger partial charge on any atom is 0.292 e. The number of hydrogen-bond acceptors (Lipinski definition) is 3. The van der Waals surface area contributed by atoms with Crippen LogP contribution < -0.4 is 5.43 Å². The van der Waals surface area contributed by atoms with Crippen LogP contribution in [0.1, 0.15) is 40.2 Å². The van der Waals surface area contributed by atoms with Crippen molar-refractivity contribution in [3.05, 3.63) is 52.6 Å². The smallest absolute Gasteiger partial charge is 0.281 e. The van der Waals surface area contributed by atoms with E-state index in [1.54, 1.807) is 12.1 Å². The summed E-state index contributed by atoms with van der Waals surface area (Å²) in [5, 5.41) is 10.9. The molecule has 0 bridgehead atoms. The topological polar surface area (TPSA) is 70.1 Å². The molecule has 0 spiro atoms. The molecule has 0 saturated carbocycles. The summed E-state index contributed by atoms with van der Waals surface area (Å²) >= 11 is 0. The van der Waals surface area contributed by atoms with E-state index in [2.05, 4.69) is 20.7 Å². The van der Waals surface area contributed by atoms with Gasteiger partial charge in [-0.1, -0.05) is 12.1 Å². The third kappa shape index (κ3) is 2.99. The van der Waals surface area contributed by atoms with Crippen LogP contribution in [0.5, 0.6) is 0 Å². The number of aryl methyl sites for hydroxylation is 1. The van der Waals surface area contributed by atoms with Gasteiger partial charge in [0.15, 0.2) is 5.69 Å². The lowest BCUT2D eigenvalue weighted by Gasteiger charge is -2.10. The zero-order chi connectivity index (χ0) is 14.7. The molecular formula is C15H15FN4O. The van der Waals surface area contributed by atoms with Crippen LogP contribution in [0, 0.1) is 5.82 Å². The van der Waals surface area contributed by atoms with Crippen LogP contribution in [0.15, 0.2) is 29.4 Å². The van der Waals surface area contributed by atoms with E-state index in [-0.39, 0.29) is 11.7 Å². The first-order valence-electron chi connectivity index (χ1n) is 6.89. The highest BCUT2D eigenvalue weighted by Gasteiger charge is 2.21. The van der Waals surface area contributed by atoms with Crippen LogP contribution in [0.25, 0.3) is 0 Å². The van der Waals surface area contributed by atoms with Crippen LogP contribution in [0.2, 0.25) is 0 Å². The summed E-state index contributed by atoms with van der Waals surface area (Å²) in [7, 11) is 0. The monoisotopic (exact) mass is 286 g/mol. The molecule has 1 amide bonds. The van der Waals surface area contributed by atoms with Crippen molar-refractivity contribution >= 4 is 12.1 Å². The number of aromatic amines is 1. The molecule has 6 heteroatoms. The third-order valence-electron chi connectivity index (χ3n) is 3.52. The highest BCUT2D eigenvalue weighted by molar-refractivity contribution is 5.94. The van der Waals surface area contributed by atoms with Gasteiger partial charge in [-0.2, -0.15) is 10.2 Å². The van der Waals surface area contributed by atoms with Gasteiger partial charge in [-0.25, -0.2) is 9.82 Å². The first-order valence-corrected chi connectivity index (χ1v) is 6.89. The Morgan fingerprint density at radius 3 is 2.86 bits per heavy atom. The summed E-state index contributed by atoms with van der Waals surface area (Å²) in [5.74, 6) is -0.632. The average molecular weight is 286 g/mol. The van der Waals surface area contributed by atoms with Crippen LogP contribution in [0.3, 0.4) is 0 Å². The second kappa shape index (κ2) is 5.87. The number of amides is 1. The molecular weight excluding hydrogens is 271 g/mol. The average Bonchev–Trinajstić information content (AvgIpc) is 2.93. The molecule has 2 N–H and O–H groups in total. The molecule has 0 unspecified atom stereocenters. The summed E-state index contributed by atoms with van der Waals surface area (Å²) in [4.78, 5) is 12.1. The predicted molar refractivity (Wildman–Crippen MR) is 76.7 cm³/mol. The number of hydrazone groups is 1. The second-order valence-corrected chi connectivity index (χ2v) is 4.99. The molecule has 0 atom stereocenters. The summed E-state index contributed by atoms with van der Waals surface area (Å²) < 4.78 is 12.8. The number of halogens is 1. The van der Waals surface area contributed by atoms with Crippen molar-refractivity contribution in [2.45, 2.75) is 25.7 Å². The Hall–Kier alpha value is -2.50. The minimum Gasteiger partial charge on any atom is -0.281 e. The van der Waals surface area contributed by atoms with Crippen LogP contribution in [0.4, 0.5) is 4.39 Å². The van der Waals surface area contributed by atoms with Gasteiger partial charge >= 0.3 is 0 Å². The maximum atomic E-state index is 12.8.